The number of halogens is 1. The maximum atomic E-state index is 13.9. The molecule has 0 spiro atoms. The Kier molecular flexibility index (Phi) is 4.94. The fraction of sp³-hybridized carbons (Fsp3) is 0.625. The largest absolute Gasteiger partial charge is 0.311 e. The number of nitrogens with one attached hydrogen (secondary N) is 1. The number of benzene rings is 1. The van der Waals surface area contributed by atoms with E-state index in [1.807, 2.05) is 12.1 Å². The summed E-state index contributed by atoms with van der Waals surface area (Å²) in [4.78, 5) is 2.39. The molecular weight excluding hydrogens is 239 g/mol. The maximum Gasteiger partial charge on any atom is 0.127 e. The minimum absolute atomic E-state index is 0.0892. The topological polar surface area (TPSA) is 15.3 Å². The standard InChI is InChI=1S/C16H25FN2/c1-4-12(2)16-11-19(10-9-18-16)13(3)14-7-5-6-8-15(14)17/h5-8,12-13,16,18H,4,9-11H2,1-3H3. The molecular formula is C16H25FN2. The molecule has 19 heavy (non-hydrogen) atoms. The Bertz CT molecular complexity index is 407. The Morgan fingerprint density at radius 3 is 2.79 bits per heavy atom. The van der Waals surface area contributed by atoms with Gasteiger partial charge in [-0.05, 0) is 18.9 Å². The van der Waals surface area contributed by atoms with Crippen LogP contribution in [0.15, 0.2) is 24.3 Å². The van der Waals surface area contributed by atoms with Crippen LogP contribution < -0.4 is 5.32 Å². The first kappa shape index (κ1) is 14.5. The maximum absolute atomic E-state index is 13.9. The van der Waals surface area contributed by atoms with Crippen molar-refractivity contribution in [3.8, 4) is 0 Å². The summed E-state index contributed by atoms with van der Waals surface area (Å²) in [7, 11) is 0. The Labute approximate surface area is 116 Å². The molecule has 0 amide bonds. The molecule has 1 fully saturated rings. The predicted octanol–water partition coefficient (Wildman–Crippen LogP) is 3.21. The molecule has 0 aromatic heterocycles. The van der Waals surface area contributed by atoms with E-state index in [0.717, 1.165) is 25.2 Å². The van der Waals surface area contributed by atoms with E-state index in [0.29, 0.717) is 12.0 Å². The Balaban J connectivity index is 2.07. The predicted molar refractivity (Wildman–Crippen MR) is 77.6 cm³/mol. The third kappa shape index (κ3) is 3.34. The van der Waals surface area contributed by atoms with Gasteiger partial charge in [0.25, 0.3) is 0 Å². The zero-order valence-corrected chi connectivity index (χ0v) is 12.2. The van der Waals surface area contributed by atoms with Crippen molar-refractivity contribution in [2.24, 2.45) is 5.92 Å². The van der Waals surface area contributed by atoms with Gasteiger partial charge in [0.05, 0.1) is 0 Å². The van der Waals surface area contributed by atoms with Crippen LogP contribution in [-0.2, 0) is 0 Å². The summed E-state index contributed by atoms with van der Waals surface area (Å²) in [6.45, 7) is 9.61. The van der Waals surface area contributed by atoms with Gasteiger partial charge in [-0.15, -0.1) is 0 Å². The highest BCUT2D eigenvalue weighted by atomic mass is 19.1. The Morgan fingerprint density at radius 2 is 2.11 bits per heavy atom. The molecule has 1 saturated heterocycles. The fourth-order valence-electron chi connectivity index (χ4n) is 2.83. The molecule has 0 aliphatic carbocycles. The second kappa shape index (κ2) is 6.49. The SMILES string of the molecule is CCC(C)C1CN(C(C)c2ccccc2F)CCN1. The highest BCUT2D eigenvalue weighted by molar-refractivity contribution is 5.21. The van der Waals surface area contributed by atoms with Crippen molar-refractivity contribution in [1.82, 2.24) is 10.2 Å². The third-order valence-electron chi connectivity index (χ3n) is 4.47. The van der Waals surface area contributed by atoms with Gasteiger partial charge in [0.2, 0.25) is 0 Å². The molecule has 3 unspecified atom stereocenters. The second-order valence-corrected chi connectivity index (χ2v) is 5.64. The van der Waals surface area contributed by atoms with Crippen molar-refractivity contribution < 1.29 is 4.39 Å². The number of hydrogen-bond acceptors (Lipinski definition) is 2. The molecule has 1 aliphatic rings. The first-order valence-corrected chi connectivity index (χ1v) is 7.35. The lowest BCUT2D eigenvalue weighted by Crippen LogP contribution is -2.53. The summed E-state index contributed by atoms with van der Waals surface area (Å²) in [6.07, 6.45) is 1.18. The number of hydrogen-bond donors (Lipinski definition) is 1. The zero-order valence-electron chi connectivity index (χ0n) is 12.2. The molecule has 3 heteroatoms. The normalized spacial score (nSPS) is 24.1. The van der Waals surface area contributed by atoms with Gasteiger partial charge < -0.3 is 5.32 Å². The summed E-state index contributed by atoms with van der Waals surface area (Å²) < 4.78 is 13.9. The zero-order chi connectivity index (χ0) is 13.8. The first-order valence-electron chi connectivity index (χ1n) is 7.35. The minimum Gasteiger partial charge on any atom is -0.311 e. The van der Waals surface area contributed by atoms with Gasteiger partial charge in [0.1, 0.15) is 5.82 Å². The van der Waals surface area contributed by atoms with Gasteiger partial charge in [0.15, 0.2) is 0 Å². The monoisotopic (exact) mass is 264 g/mol. The molecule has 1 aliphatic heterocycles. The van der Waals surface area contributed by atoms with Crippen LogP contribution in [-0.4, -0.2) is 30.6 Å². The van der Waals surface area contributed by atoms with Crippen molar-refractivity contribution in [3.05, 3.63) is 35.6 Å². The molecule has 106 valence electrons. The fourth-order valence-corrected chi connectivity index (χ4v) is 2.83. The lowest BCUT2D eigenvalue weighted by Gasteiger charge is -2.40. The molecule has 0 radical (unpaired) electrons. The van der Waals surface area contributed by atoms with E-state index in [4.69, 9.17) is 0 Å². The molecule has 2 nitrogen and oxygen atoms in total. The Morgan fingerprint density at radius 1 is 1.37 bits per heavy atom. The molecule has 0 bridgehead atoms. The second-order valence-electron chi connectivity index (χ2n) is 5.64. The Hall–Kier alpha value is -0.930. The van der Waals surface area contributed by atoms with Crippen LogP contribution in [0, 0.1) is 11.7 Å². The summed E-state index contributed by atoms with van der Waals surface area (Å²) in [5.41, 5.74) is 0.812. The van der Waals surface area contributed by atoms with Gasteiger partial charge in [-0.3, -0.25) is 4.90 Å². The molecule has 1 heterocycles. The van der Waals surface area contributed by atoms with Crippen LogP contribution >= 0.6 is 0 Å². The molecule has 0 saturated carbocycles. The van der Waals surface area contributed by atoms with Crippen LogP contribution in [0.1, 0.15) is 38.8 Å². The molecule has 1 aromatic rings. The highest BCUT2D eigenvalue weighted by Gasteiger charge is 2.27. The van der Waals surface area contributed by atoms with Crippen molar-refractivity contribution in [2.75, 3.05) is 19.6 Å². The van der Waals surface area contributed by atoms with E-state index in [1.165, 1.54) is 6.42 Å². The van der Waals surface area contributed by atoms with Gasteiger partial charge in [-0.2, -0.15) is 0 Å². The quantitative estimate of drug-likeness (QED) is 0.898. The lowest BCUT2D eigenvalue weighted by atomic mass is 9.95. The number of piperazine rings is 1. The third-order valence-corrected chi connectivity index (χ3v) is 4.47. The molecule has 1 N–H and O–H groups in total. The lowest BCUT2D eigenvalue weighted by molar-refractivity contribution is 0.128. The average Bonchev–Trinajstić information content (AvgIpc) is 2.46. The van der Waals surface area contributed by atoms with E-state index >= 15 is 0 Å². The van der Waals surface area contributed by atoms with E-state index in [1.54, 1.807) is 12.1 Å². The van der Waals surface area contributed by atoms with Crippen LogP contribution in [0.2, 0.25) is 0 Å². The van der Waals surface area contributed by atoms with Gasteiger partial charge in [-0.1, -0.05) is 38.5 Å². The minimum atomic E-state index is -0.0892. The summed E-state index contributed by atoms with van der Waals surface area (Å²) >= 11 is 0. The van der Waals surface area contributed by atoms with E-state index < -0.39 is 0 Å². The van der Waals surface area contributed by atoms with Gasteiger partial charge in [-0.25, -0.2) is 4.39 Å². The van der Waals surface area contributed by atoms with Gasteiger partial charge in [0, 0.05) is 37.3 Å². The van der Waals surface area contributed by atoms with Gasteiger partial charge >= 0.3 is 0 Å². The van der Waals surface area contributed by atoms with Crippen molar-refractivity contribution in [2.45, 2.75) is 39.3 Å². The average molecular weight is 264 g/mol. The first-order chi connectivity index (χ1) is 9.13. The van der Waals surface area contributed by atoms with Crippen molar-refractivity contribution in [3.63, 3.8) is 0 Å². The molecule has 3 atom stereocenters. The summed E-state index contributed by atoms with van der Waals surface area (Å²) in [5, 5.41) is 3.59. The van der Waals surface area contributed by atoms with E-state index in [-0.39, 0.29) is 11.9 Å². The van der Waals surface area contributed by atoms with E-state index in [9.17, 15) is 4.39 Å². The van der Waals surface area contributed by atoms with Crippen LogP contribution in [0.5, 0.6) is 0 Å². The van der Waals surface area contributed by atoms with Crippen LogP contribution in [0.4, 0.5) is 4.39 Å². The molecule has 1 aromatic carbocycles. The van der Waals surface area contributed by atoms with Crippen LogP contribution in [0.3, 0.4) is 0 Å². The summed E-state index contributed by atoms with van der Waals surface area (Å²) in [5.74, 6) is 0.573. The molecule has 2 rings (SSSR count). The highest BCUT2D eigenvalue weighted by Crippen LogP contribution is 2.25. The smallest absolute Gasteiger partial charge is 0.127 e. The number of nitrogens with zero attached hydrogens (tertiary/aromatic N) is 1. The summed E-state index contributed by atoms with van der Waals surface area (Å²) in [6, 6.07) is 7.80. The number of rotatable bonds is 4. The van der Waals surface area contributed by atoms with E-state index in [2.05, 4.69) is 31.0 Å². The van der Waals surface area contributed by atoms with Crippen molar-refractivity contribution >= 4 is 0 Å². The van der Waals surface area contributed by atoms with Crippen molar-refractivity contribution in [1.29, 1.82) is 0 Å². The van der Waals surface area contributed by atoms with Crippen LogP contribution in [0.25, 0.3) is 0 Å².